The molecule has 3 N–H and O–H groups in total. The minimum Gasteiger partial charge on any atom is -0.463 e. The lowest BCUT2D eigenvalue weighted by Crippen LogP contribution is -2.60. The topological polar surface area (TPSA) is 153 Å². The molecular formula is C43H58ClF3N8O7. The number of rotatable bonds is 11. The highest BCUT2D eigenvalue weighted by atomic mass is 35.5. The number of hydrogen-bond acceptors (Lipinski definition) is 11. The molecule has 0 spiro atoms. The van der Waals surface area contributed by atoms with Crippen LogP contribution in [0.3, 0.4) is 0 Å². The summed E-state index contributed by atoms with van der Waals surface area (Å²) in [5.41, 5.74) is 5.60. The number of ether oxygens (including phenoxy) is 3. The highest BCUT2D eigenvalue weighted by Crippen LogP contribution is 2.38. The maximum atomic E-state index is 14.3. The Morgan fingerprint density at radius 1 is 0.935 bits per heavy atom. The third kappa shape index (κ3) is 11.2. The molecular weight excluding hydrogens is 833 g/mol. The van der Waals surface area contributed by atoms with Gasteiger partial charge in [0.25, 0.3) is 5.91 Å². The van der Waals surface area contributed by atoms with E-state index < -0.39 is 35.5 Å². The van der Waals surface area contributed by atoms with Crippen molar-refractivity contribution in [2.45, 2.75) is 69.3 Å². The second kappa shape index (κ2) is 20.0. The molecule has 5 heterocycles. The van der Waals surface area contributed by atoms with Crippen LogP contribution in [-0.2, 0) is 42.8 Å². The predicted molar refractivity (Wildman–Crippen MR) is 226 cm³/mol. The van der Waals surface area contributed by atoms with Gasteiger partial charge in [0.2, 0.25) is 0 Å². The number of benzene rings is 2. The van der Waals surface area contributed by atoms with Gasteiger partial charge in [0, 0.05) is 102 Å². The number of carbonyl (C=O) groups is 4. The van der Waals surface area contributed by atoms with Gasteiger partial charge in [-0.3, -0.25) is 24.3 Å². The van der Waals surface area contributed by atoms with Gasteiger partial charge in [-0.15, -0.1) is 0 Å². The Morgan fingerprint density at radius 2 is 1.63 bits per heavy atom. The summed E-state index contributed by atoms with van der Waals surface area (Å²) in [4.78, 5) is 65.4. The Hall–Kier alpha value is -4.36. The van der Waals surface area contributed by atoms with Crippen LogP contribution in [-0.4, -0.2) is 176 Å². The lowest BCUT2D eigenvalue weighted by molar-refractivity contribution is -0.146. The molecule has 15 nitrogen and oxygen atoms in total. The number of piperazine rings is 1. The SMILES string of the molecule is CC1(N2CCN(CC(=O)OCCN3CCOCC3)CC2)CCN(C(=O)[C@@H](Cc2cc(Cl)c(N)c(C(F)(F)F)c2)OC(=O)N2CCC(N3CCc4ccccc4NC3=O)CC2)CC1. The third-order valence-corrected chi connectivity index (χ3v) is 13.5. The number of halogens is 4. The van der Waals surface area contributed by atoms with E-state index in [0.717, 1.165) is 43.5 Å². The Balaban J connectivity index is 0.942. The molecule has 4 fully saturated rings. The average molecular weight is 891 g/mol. The van der Waals surface area contributed by atoms with Crippen molar-refractivity contribution < 1.29 is 46.6 Å². The Kier molecular flexibility index (Phi) is 14.7. The van der Waals surface area contributed by atoms with Gasteiger partial charge in [-0.2, -0.15) is 13.2 Å². The van der Waals surface area contributed by atoms with Gasteiger partial charge in [-0.1, -0.05) is 29.8 Å². The number of nitrogens with zero attached hydrogens (tertiary/aromatic N) is 6. The van der Waals surface area contributed by atoms with Crippen molar-refractivity contribution in [3.63, 3.8) is 0 Å². The molecule has 5 aliphatic rings. The molecule has 0 bridgehead atoms. The zero-order valence-corrected chi connectivity index (χ0v) is 36.1. The summed E-state index contributed by atoms with van der Waals surface area (Å²) in [6, 6.07) is 9.47. The molecule has 0 radical (unpaired) electrons. The third-order valence-electron chi connectivity index (χ3n) is 13.2. The van der Waals surface area contributed by atoms with Crippen LogP contribution in [0.25, 0.3) is 0 Å². The minimum absolute atomic E-state index is 0.0512. The standard InChI is InChI=1S/C43H58ClF3N8O7/c1-42(54-18-16-51(17-19-54)29-37(56)61-25-22-50-20-23-60-24-21-50)9-14-52(15-10-42)39(57)36(28-30-26-33(43(45,46)47)38(48)34(44)27-30)62-41(59)53-11-7-32(8-12-53)55-13-6-31-4-2-3-5-35(31)49-40(55)58/h2-5,26-27,32,36H,6-25,28-29,48H2,1H3,(H,49,58)/t36-/m1/s1. The number of hydrogen-bond donors (Lipinski definition) is 2. The molecule has 1 atom stereocenters. The van der Waals surface area contributed by atoms with Crippen molar-refractivity contribution >= 4 is 47.0 Å². The molecule has 4 amide bonds. The minimum atomic E-state index is -4.80. The van der Waals surface area contributed by atoms with Gasteiger partial charge in [0.1, 0.15) is 6.61 Å². The number of nitrogens with one attached hydrogen (secondary N) is 1. The van der Waals surface area contributed by atoms with E-state index in [2.05, 4.69) is 26.9 Å². The zero-order chi connectivity index (χ0) is 44.0. The first-order valence-corrected chi connectivity index (χ1v) is 22.0. The van der Waals surface area contributed by atoms with E-state index in [1.165, 1.54) is 11.0 Å². The summed E-state index contributed by atoms with van der Waals surface area (Å²) < 4.78 is 58.7. The Bertz CT molecular complexity index is 1910. The molecule has 0 aromatic heterocycles. The Labute approximate surface area is 365 Å². The van der Waals surface area contributed by atoms with Crippen molar-refractivity contribution in [1.29, 1.82) is 0 Å². The number of piperidine rings is 2. The highest BCUT2D eigenvalue weighted by Gasteiger charge is 2.42. The van der Waals surface area contributed by atoms with Gasteiger partial charge >= 0.3 is 24.3 Å². The molecule has 4 saturated heterocycles. The van der Waals surface area contributed by atoms with E-state index in [1.807, 2.05) is 24.3 Å². The number of morpholine rings is 1. The molecule has 2 aromatic carbocycles. The first-order valence-electron chi connectivity index (χ1n) is 21.6. The number of nitrogen functional groups attached to an aromatic ring is 1. The molecule has 0 saturated carbocycles. The van der Waals surface area contributed by atoms with Crippen LogP contribution in [0, 0.1) is 0 Å². The first kappa shape index (κ1) is 45.7. The number of nitrogens with two attached hydrogens (primary N) is 1. The molecule has 0 aliphatic carbocycles. The van der Waals surface area contributed by atoms with Crippen molar-refractivity contribution in [2.75, 3.05) is 116 Å². The lowest BCUT2D eigenvalue weighted by atomic mass is 9.86. The van der Waals surface area contributed by atoms with E-state index in [4.69, 9.17) is 31.5 Å². The fourth-order valence-electron chi connectivity index (χ4n) is 9.23. The summed E-state index contributed by atoms with van der Waals surface area (Å²) >= 11 is 6.17. The monoisotopic (exact) mass is 890 g/mol. The number of anilines is 2. The number of fused-ring (bicyclic) bond motifs is 1. The second-order valence-electron chi connectivity index (χ2n) is 17.1. The molecule has 0 unspecified atom stereocenters. The van der Waals surface area contributed by atoms with E-state index in [1.54, 1.807) is 9.80 Å². The van der Waals surface area contributed by atoms with Crippen LogP contribution >= 0.6 is 11.6 Å². The first-order chi connectivity index (χ1) is 29.7. The number of para-hydroxylation sites is 1. The smallest absolute Gasteiger partial charge is 0.418 e. The number of likely N-dealkylation sites (tertiary alicyclic amines) is 2. The van der Waals surface area contributed by atoms with Crippen LogP contribution in [0.1, 0.15) is 49.3 Å². The number of carbonyl (C=O) groups excluding carboxylic acids is 4. The van der Waals surface area contributed by atoms with Gasteiger partial charge < -0.3 is 40.0 Å². The highest BCUT2D eigenvalue weighted by molar-refractivity contribution is 6.33. The number of alkyl halides is 3. The molecule has 19 heteroatoms. The van der Waals surface area contributed by atoms with E-state index in [0.29, 0.717) is 91.2 Å². The van der Waals surface area contributed by atoms with Crippen LogP contribution in [0.2, 0.25) is 5.02 Å². The fraction of sp³-hybridized carbons (Fsp3) is 0.628. The van der Waals surface area contributed by atoms with Crippen LogP contribution in [0.5, 0.6) is 0 Å². The average Bonchev–Trinajstić information content (AvgIpc) is 3.42. The maximum Gasteiger partial charge on any atom is 0.418 e. The summed E-state index contributed by atoms with van der Waals surface area (Å²) in [5, 5.41) is 2.68. The van der Waals surface area contributed by atoms with Crippen molar-refractivity contribution in [3.05, 3.63) is 58.1 Å². The largest absolute Gasteiger partial charge is 0.463 e. The van der Waals surface area contributed by atoms with Gasteiger partial charge in [0.15, 0.2) is 6.10 Å². The second-order valence-corrected chi connectivity index (χ2v) is 17.5. The Morgan fingerprint density at radius 3 is 2.32 bits per heavy atom. The summed E-state index contributed by atoms with van der Waals surface area (Å²) in [5.74, 6) is -0.747. The number of amides is 4. The molecule has 62 heavy (non-hydrogen) atoms. The summed E-state index contributed by atoms with van der Waals surface area (Å²) in [7, 11) is 0. The predicted octanol–water partition coefficient (Wildman–Crippen LogP) is 4.42. The summed E-state index contributed by atoms with van der Waals surface area (Å²) in [6.45, 7) is 11.1. The fourth-order valence-corrected chi connectivity index (χ4v) is 9.47. The van der Waals surface area contributed by atoms with Crippen molar-refractivity contribution in [1.82, 2.24) is 29.4 Å². The maximum absolute atomic E-state index is 14.3. The number of esters is 1. The zero-order valence-electron chi connectivity index (χ0n) is 35.3. The molecule has 7 rings (SSSR count). The van der Waals surface area contributed by atoms with Gasteiger partial charge in [0.05, 0.1) is 36.0 Å². The quantitative estimate of drug-likeness (QED) is 0.244. The van der Waals surface area contributed by atoms with Gasteiger partial charge in [-0.25, -0.2) is 9.59 Å². The van der Waals surface area contributed by atoms with Gasteiger partial charge in [-0.05, 0) is 68.4 Å². The number of urea groups is 1. The summed E-state index contributed by atoms with van der Waals surface area (Å²) in [6.07, 6.45) is -4.43. The normalized spacial score (nSPS) is 21.4. The van der Waals surface area contributed by atoms with Crippen molar-refractivity contribution in [3.8, 4) is 0 Å². The van der Waals surface area contributed by atoms with Crippen LogP contribution < -0.4 is 11.1 Å². The molecule has 5 aliphatic heterocycles. The van der Waals surface area contributed by atoms with E-state index in [-0.39, 0.29) is 60.2 Å². The van der Waals surface area contributed by atoms with E-state index in [9.17, 15) is 32.3 Å². The van der Waals surface area contributed by atoms with Crippen LogP contribution in [0.4, 0.5) is 34.1 Å². The molecule has 340 valence electrons. The van der Waals surface area contributed by atoms with E-state index >= 15 is 0 Å². The van der Waals surface area contributed by atoms with Crippen LogP contribution in [0.15, 0.2) is 36.4 Å². The lowest BCUT2D eigenvalue weighted by Gasteiger charge is -2.50. The molecule has 2 aromatic rings. The van der Waals surface area contributed by atoms with Crippen molar-refractivity contribution in [2.24, 2.45) is 0 Å².